The molecule has 2 aromatic rings. The maximum Gasteiger partial charge on any atom is 0.0907 e. The summed E-state index contributed by atoms with van der Waals surface area (Å²) in [6.45, 7) is 0. The highest BCUT2D eigenvalue weighted by molar-refractivity contribution is 6.68. The first-order chi connectivity index (χ1) is 9.28. The maximum absolute atomic E-state index is 5.55. The summed E-state index contributed by atoms with van der Waals surface area (Å²) in [7, 11) is -0.691. The highest BCUT2D eigenvalue weighted by Crippen LogP contribution is 2.00. The minimum atomic E-state index is -0.691. The summed E-state index contributed by atoms with van der Waals surface area (Å²) < 4.78 is 0. The van der Waals surface area contributed by atoms with Gasteiger partial charge in [-0.15, -0.1) is 19.3 Å². The van der Waals surface area contributed by atoms with Crippen LogP contribution in [0.4, 0.5) is 0 Å². The SMILES string of the molecule is C#Cc1ccc([SiH2]c2c(C#C)cccc2C#C)cc1. The molecule has 0 atom stereocenters. The molecule has 0 aliphatic carbocycles. The van der Waals surface area contributed by atoms with E-state index in [-0.39, 0.29) is 0 Å². The molecule has 0 saturated heterocycles. The molecule has 0 unspecified atom stereocenters. The third kappa shape index (κ3) is 2.78. The fraction of sp³-hybridized carbons (Fsp3) is 0. The van der Waals surface area contributed by atoms with Crippen molar-refractivity contribution >= 4 is 19.9 Å². The molecular formula is C18H12Si. The predicted octanol–water partition coefficient (Wildman–Crippen LogP) is 0.750. The summed E-state index contributed by atoms with van der Waals surface area (Å²) in [6.07, 6.45) is 16.5. The summed E-state index contributed by atoms with van der Waals surface area (Å²) in [5, 5.41) is 2.43. The van der Waals surface area contributed by atoms with Crippen LogP contribution in [0.5, 0.6) is 0 Å². The molecule has 2 aromatic carbocycles. The summed E-state index contributed by atoms with van der Waals surface area (Å²) in [4.78, 5) is 0. The van der Waals surface area contributed by atoms with Gasteiger partial charge in [0.1, 0.15) is 0 Å². The normalized spacial score (nSPS) is 9.74. The van der Waals surface area contributed by atoms with Crippen LogP contribution in [0.15, 0.2) is 42.5 Å². The van der Waals surface area contributed by atoms with Crippen LogP contribution in [0.1, 0.15) is 16.7 Å². The number of hydrogen-bond acceptors (Lipinski definition) is 0. The first kappa shape index (κ1) is 12.8. The molecule has 19 heavy (non-hydrogen) atoms. The average molecular weight is 256 g/mol. The van der Waals surface area contributed by atoms with Gasteiger partial charge in [-0.05, 0) is 29.5 Å². The lowest BCUT2D eigenvalue weighted by molar-refractivity contribution is 1.65. The summed E-state index contributed by atoms with van der Waals surface area (Å²) in [6, 6.07) is 13.8. The van der Waals surface area contributed by atoms with Gasteiger partial charge in [-0.2, -0.15) is 0 Å². The van der Waals surface area contributed by atoms with E-state index in [4.69, 9.17) is 19.3 Å². The zero-order chi connectivity index (χ0) is 13.7. The Bertz CT molecular complexity index is 684. The molecule has 2 rings (SSSR count). The lowest BCUT2D eigenvalue weighted by Crippen LogP contribution is -2.31. The van der Waals surface area contributed by atoms with Crippen LogP contribution < -0.4 is 10.4 Å². The van der Waals surface area contributed by atoms with Gasteiger partial charge in [-0.25, -0.2) is 0 Å². The topological polar surface area (TPSA) is 0 Å². The van der Waals surface area contributed by atoms with Crippen molar-refractivity contribution in [2.24, 2.45) is 0 Å². The number of rotatable bonds is 2. The molecule has 0 heterocycles. The second kappa shape index (κ2) is 5.79. The third-order valence-electron chi connectivity index (χ3n) is 2.99. The monoisotopic (exact) mass is 256 g/mol. The van der Waals surface area contributed by atoms with E-state index in [1.54, 1.807) is 0 Å². The molecule has 0 radical (unpaired) electrons. The maximum atomic E-state index is 5.55. The largest absolute Gasteiger partial charge is 0.115 e. The van der Waals surface area contributed by atoms with Crippen molar-refractivity contribution in [1.29, 1.82) is 0 Å². The number of hydrogen-bond donors (Lipinski definition) is 0. The Morgan fingerprint density at radius 3 is 1.79 bits per heavy atom. The molecule has 0 aromatic heterocycles. The highest BCUT2D eigenvalue weighted by Gasteiger charge is 2.07. The van der Waals surface area contributed by atoms with Crippen molar-refractivity contribution in [1.82, 2.24) is 0 Å². The van der Waals surface area contributed by atoms with E-state index < -0.39 is 9.52 Å². The lowest BCUT2D eigenvalue weighted by atomic mass is 10.1. The number of benzene rings is 2. The van der Waals surface area contributed by atoms with E-state index in [1.807, 2.05) is 30.3 Å². The third-order valence-corrected chi connectivity index (χ3v) is 4.98. The summed E-state index contributed by atoms with van der Waals surface area (Å²) in [5.41, 5.74) is 2.70. The van der Waals surface area contributed by atoms with Crippen LogP contribution in [0.3, 0.4) is 0 Å². The minimum absolute atomic E-state index is 0.691. The van der Waals surface area contributed by atoms with Gasteiger partial charge >= 0.3 is 0 Å². The van der Waals surface area contributed by atoms with E-state index in [0.29, 0.717) is 0 Å². The first-order valence-electron chi connectivity index (χ1n) is 5.89. The van der Waals surface area contributed by atoms with E-state index in [0.717, 1.165) is 21.9 Å². The predicted molar refractivity (Wildman–Crippen MR) is 84.5 cm³/mol. The zero-order valence-electron chi connectivity index (χ0n) is 10.5. The lowest BCUT2D eigenvalue weighted by Gasteiger charge is -2.08. The fourth-order valence-electron chi connectivity index (χ4n) is 1.97. The first-order valence-corrected chi connectivity index (χ1v) is 7.30. The molecule has 0 bridgehead atoms. The molecule has 0 fully saturated rings. The summed E-state index contributed by atoms with van der Waals surface area (Å²) in [5.74, 6) is 8.05. The highest BCUT2D eigenvalue weighted by atomic mass is 28.2. The van der Waals surface area contributed by atoms with Gasteiger partial charge in [0.05, 0.1) is 9.52 Å². The number of terminal acetylenes is 3. The van der Waals surface area contributed by atoms with Crippen molar-refractivity contribution in [2.75, 3.05) is 0 Å². The Balaban J connectivity index is 2.41. The second-order valence-electron chi connectivity index (χ2n) is 4.14. The minimum Gasteiger partial charge on any atom is -0.115 e. The van der Waals surface area contributed by atoms with Gasteiger partial charge in [0, 0.05) is 16.7 Å². The molecule has 88 valence electrons. The second-order valence-corrected chi connectivity index (χ2v) is 6.02. The smallest absolute Gasteiger partial charge is 0.0907 e. The van der Waals surface area contributed by atoms with Crippen LogP contribution in [0.2, 0.25) is 0 Å². The van der Waals surface area contributed by atoms with Crippen LogP contribution in [0.25, 0.3) is 0 Å². The molecule has 0 aliphatic heterocycles. The molecular weight excluding hydrogens is 244 g/mol. The van der Waals surface area contributed by atoms with Crippen LogP contribution in [-0.2, 0) is 0 Å². The Kier molecular flexibility index (Phi) is 3.90. The van der Waals surface area contributed by atoms with Crippen molar-refractivity contribution in [3.8, 4) is 37.0 Å². The van der Waals surface area contributed by atoms with Gasteiger partial charge in [-0.3, -0.25) is 0 Å². The van der Waals surface area contributed by atoms with Crippen LogP contribution in [-0.4, -0.2) is 9.52 Å². The quantitative estimate of drug-likeness (QED) is 0.549. The van der Waals surface area contributed by atoms with Crippen molar-refractivity contribution in [3.63, 3.8) is 0 Å². The van der Waals surface area contributed by atoms with Crippen molar-refractivity contribution in [3.05, 3.63) is 59.2 Å². The molecule has 0 aliphatic rings. The molecule has 0 N–H and O–H groups in total. The summed E-state index contributed by atoms with van der Waals surface area (Å²) >= 11 is 0. The van der Waals surface area contributed by atoms with E-state index in [9.17, 15) is 0 Å². The molecule has 0 nitrogen and oxygen atoms in total. The molecule has 0 spiro atoms. The Morgan fingerprint density at radius 2 is 1.32 bits per heavy atom. The van der Waals surface area contributed by atoms with Crippen LogP contribution in [0, 0.1) is 37.0 Å². The average Bonchev–Trinajstić information content (AvgIpc) is 2.48. The van der Waals surface area contributed by atoms with E-state index in [2.05, 4.69) is 29.9 Å². The van der Waals surface area contributed by atoms with Gasteiger partial charge in [0.2, 0.25) is 0 Å². The van der Waals surface area contributed by atoms with Crippen LogP contribution >= 0.6 is 0 Å². The van der Waals surface area contributed by atoms with Gasteiger partial charge in [0.15, 0.2) is 0 Å². The van der Waals surface area contributed by atoms with Gasteiger partial charge in [-0.1, -0.05) is 41.1 Å². The van der Waals surface area contributed by atoms with E-state index >= 15 is 0 Å². The standard InChI is InChI=1S/C18H12Si/c1-4-14-10-12-17(13-11-14)19-18-15(5-2)8-7-9-16(18)6-3/h1-3,7-13H,19H2. The Morgan fingerprint density at radius 1 is 0.737 bits per heavy atom. The van der Waals surface area contributed by atoms with Gasteiger partial charge < -0.3 is 0 Å². The Labute approximate surface area is 116 Å². The zero-order valence-corrected chi connectivity index (χ0v) is 11.9. The Hall–Kier alpha value is -2.66. The van der Waals surface area contributed by atoms with Crippen molar-refractivity contribution in [2.45, 2.75) is 0 Å². The molecule has 1 heteroatoms. The molecule has 0 saturated carbocycles. The molecule has 0 amide bonds. The fourth-order valence-corrected chi connectivity index (χ4v) is 3.67. The van der Waals surface area contributed by atoms with Crippen molar-refractivity contribution < 1.29 is 0 Å². The van der Waals surface area contributed by atoms with Gasteiger partial charge in [0.25, 0.3) is 0 Å². The van der Waals surface area contributed by atoms with E-state index in [1.165, 1.54) is 5.19 Å².